The SMILES string of the molecule is Cc1cc(OC(C)C(=O)N2CCCC(N(C)C)C2)ccc1C(C)C. The number of carbonyl (C=O) groups excluding carboxylic acids is 1. The Labute approximate surface area is 146 Å². The Morgan fingerprint density at radius 2 is 2.00 bits per heavy atom. The van der Waals surface area contributed by atoms with E-state index in [9.17, 15) is 4.79 Å². The second-order valence-corrected chi connectivity index (χ2v) is 7.48. The van der Waals surface area contributed by atoms with Gasteiger partial charge >= 0.3 is 0 Å². The maximum absolute atomic E-state index is 12.7. The molecule has 0 spiro atoms. The van der Waals surface area contributed by atoms with Gasteiger partial charge in [0.2, 0.25) is 0 Å². The highest BCUT2D eigenvalue weighted by Gasteiger charge is 2.28. The minimum absolute atomic E-state index is 0.0899. The van der Waals surface area contributed by atoms with Gasteiger partial charge in [-0.2, -0.15) is 0 Å². The van der Waals surface area contributed by atoms with Crippen molar-refractivity contribution in [1.82, 2.24) is 9.80 Å². The number of carbonyl (C=O) groups is 1. The standard InChI is InChI=1S/C20H32N2O2/c1-14(2)19-10-9-18(12-15(19)3)24-16(4)20(23)22-11-7-8-17(13-22)21(5)6/h9-10,12,14,16-17H,7-8,11,13H2,1-6H3. The average molecular weight is 332 g/mol. The second-order valence-electron chi connectivity index (χ2n) is 7.48. The summed E-state index contributed by atoms with van der Waals surface area (Å²) in [5.41, 5.74) is 2.54. The van der Waals surface area contributed by atoms with Crippen molar-refractivity contribution in [2.45, 2.75) is 58.6 Å². The van der Waals surface area contributed by atoms with E-state index in [2.05, 4.69) is 45.8 Å². The van der Waals surface area contributed by atoms with Crippen LogP contribution in [0.4, 0.5) is 0 Å². The second kappa shape index (κ2) is 8.02. The molecule has 4 heteroatoms. The fourth-order valence-corrected chi connectivity index (χ4v) is 3.46. The summed E-state index contributed by atoms with van der Waals surface area (Å²) >= 11 is 0. The number of hydrogen-bond donors (Lipinski definition) is 0. The highest BCUT2D eigenvalue weighted by atomic mass is 16.5. The van der Waals surface area contributed by atoms with E-state index in [-0.39, 0.29) is 5.91 Å². The fraction of sp³-hybridized carbons (Fsp3) is 0.650. The Morgan fingerprint density at radius 3 is 2.58 bits per heavy atom. The number of likely N-dealkylation sites (tertiary alicyclic amines) is 1. The van der Waals surface area contributed by atoms with E-state index in [4.69, 9.17) is 4.74 Å². The van der Waals surface area contributed by atoms with Crippen LogP contribution < -0.4 is 4.74 Å². The molecule has 134 valence electrons. The topological polar surface area (TPSA) is 32.8 Å². The van der Waals surface area contributed by atoms with E-state index in [0.29, 0.717) is 12.0 Å². The maximum atomic E-state index is 12.7. The minimum atomic E-state index is -0.449. The number of aryl methyl sites for hydroxylation is 1. The van der Waals surface area contributed by atoms with E-state index in [1.807, 2.05) is 24.0 Å². The predicted octanol–water partition coefficient (Wildman–Crippen LogP) is 3.44. The van der Waals surface area contributed by atoms with Crippen LogP contribution in [0.15, 0.2) is 18.2 Å². The number of nitrogens with zero attached hydrogens (tertiary/aromatic N) is 2. The monoisotopic (exact) mass is 332 g/mol. The first kappa shape index (κ1) is 18.8. The zero-order valence-electron chi connectivity index (χ0n) is 16.0. The molecule has 1 aromatic carbocycles. The zero-order valence-corrected chi connectivity index (χ0v) is 16.0. The van der Waals surface area contributed by atoms with Crippen LogP contribution in [0.25, 0.3) is 0 Å². The van der Waals surface area contributed by atoms with E-state index >= 15 is 0 Å². The lowest BCUT2D eigenvalue weighted by atomic mass is 9.98. The first-order valence-electron chi connectivity index (χ1n) is 9.02. The summed E-state index contributed by atoms with van der Waals surface area (Å²) < 4.78 is 5.94. The summed E-state index contributed by atoms with van der Waals surface area (Å²) in [5, 5.41) is 0. The summed E-state index contributed by atoms with van der Waals surface area (Å²) in [6, 6.07) is 6.57. The smallest absolute Gasteiger partial charge is 0.263 e. The highest BCUT2D eigenvalue weighted by molar-refractivity contribution is 5.81. The number of likely N-dealkylation sites (N-methyl/N-ethyl adjacent to an activating group) is 1. The van der Waals surface area contributed by atoms with Crippen LogP contribution in [-0.4, -0.2) is 55.0 Å². The molecule has 4 nitrogen and oxygen atoms in total. The molecule has 2 rings (SSSR count). The Kier molecular flexibility index (Phi) is 6.27. The Bertz CT molecular complexity index is 569. The fourth-order valence-electron chi connectivity index (χ4n) is 3.46. The molecular formula is C20H32N2O2. The predicted molar refractivity (Wildman–Crippen MR) is 98.6 cm³/mol. The molecule has 0 aromatic heterocycles. The normalized spacial score (nSPS) is 19.7. The quantitative estimate of drug-likeness (QED) is 0.828. The van der Waals surface area contributed by atoms with Gasteiger partial charge in [-0.15, -0.1) is 0 Å². The van der Waals surface area contributed by atoms with Gasteiger partial charge in [0.1, 0.15) is 5.75 Å². The number of piperidine rings is 1. The summed E-state index contributed by atoms with van der Waals surface area (Å²) in [4.78, 5) is 16.9. The van der Waals surface area contributed by atoms with E-state index < -0.39 is 6.10 Å². The van der Waals surface area contributed by atoms with Crippen LogP contribution in [0.3, 0.4) is 0 Å². The van der Waals surface area contributed by atoms with Crippen molar-refractivity contribution >= 4 is 5.91 Å². The number of hydrogen-bond acceptors (Lipinski definition) is 3. The summed E-state index contributed by atoms with van der Waals surface area (Å²) in [6.07, 6.45) is 1.76. The molecule has 1 aliphatic rings. The van der Waals surface area contributed by atoms with Gasteiger partial charge in [0, 0.05) is 19.1 Å². The summed E-state index contributed by atoms with van der Waals surface area (Å²) in [5.74, 6) is 1.36. The molecule has 0 aliphatic carbocycles. The molecule has 0 saturated carbocycles. The van der Waals surface area contributed by atoms with E-state index in [0.717, 1.165) is 31.7 Å². The van der Waals surface area contributed by atoms with E-state index in [1.54, 1.807) is 0 Å². The Balaban J connectivity index is 2.00. The van der Waals surface area contributed by atoms with Gasteiger partial charge in [0.05, 0.1) is 0 Å². The van der Waals surface area contributed by atoms with Gasteiger partial charge in [-0.3, -0.25) is 4.79 Å². The maximum Gasteiger partial charge on any atom is 0.263 e. The minimum Gasteiger partial charge on any atom is -0.481 e. The van der Waals surface area contributed by atoms with Crippen LogP contribution in [0.1, 0.15) is 50.7 Å². The van der Waals surface area contributed by atoms with Crippen molar-refractivity contribution in [3.63, 3.8) is 0 Å². The lowest BCUT2D eigenvalue weighted by molar-refractivity contribution is -0.139. The van der Waals surface area contributed by atoms with Crippen LogP contribution >= 0.6 is 0 Å². The highest BCUT2D eigenvalue weighted by Crippen LogP contribution is 2.24. The molecular weight excluding hydrogens is 300 g/mol. The summed E-state index contributed by atoms with van der Waals surface area (Å²) in [7, 11) is 4.16. The first-order valence-corrected chi connectivity index (χ1v) is 9.02. The molecule has 1 heterocycles. The molecule has 0 bridgehead atoms. The first-order chi connectivity index (χ1) is 11.3. The Morgan fingerprint density at radius 1 is 1.29 bits per heavy atom. The van der Waals surface area contributed by atoms with Crippen LogP contribution in [0.2, 0.25) is 0 Å². The number of amides is 1. The van der Waals surface area contributed by atoms with Crippen LogP contribution in [0, 0.1) is 6.92 Å². The van der Waals surface area contributed by atoms with Gasteiger partial charge in [0.15, 0.2) is 6.10 Å². The van der Waals surface area contributed by atoms with Crippen molar-refractivity contribution in [2.24, 2.45) is 0 Å². The molecule has 1 amide bonds. The molecule has 24 heavy (non-hydrogen) atoms. The van der Waals surface area contributed by atoms with Crippen molar-refractivity contribution in [2.75, 3.05) is 27.2 Å². The third-order valence-corrected chi connectivity index (χ3v) is 4.96. The van der Waals surface area contributed by atoms with Gasteiger partial charge in [-0.25, -0.2) is 0 Å². The average Bonchev–Trinajstić information content (AvgIpc) is 2.53. The molecule has 2 unspecified atom stereocenters. The number of rotatable bonds is 5. The Hall–Kier alpha value is -1.55. The van der Waals surface area contributed by atoms with Gasteiger partial charge in [-0.1, -0.05) is 19.9 Å². The van der Waals surface area contributed by atoms with Crippen molar-refractivity contribution in [3.05, 3.63) is 29.3 Å². The van der Waals surface area contributed by atoms with Gasteiger partial charge < -0.3 is 14.5 Å². The van der Waals surface area contributed by atoms with E-state index in [1.165, 1.54) is 11.1 Å². The van der Waals surface area contributed by atoms with Crippen molar-refractivity contribution in [1.29, 1.82) is 0 Å². The molecule has 1 fully saturated rings. The van der Waals surface area contributed by atoms with Gasteiger partial charge in [-0.05, 0) is 70.0 Å². The van der Waals surface area contributed by atoms with Crippen LogP contribution in [-0.2, 0) is 4.79 Å². The molecule has 0 N–H and O–H groups in total. The molecule has 0 radical (unpaired) electrons. The lowest BCUT2D eigenvalue weighted by Crippen LogP contribution is -2.50. The molecule has 2 atom stereocenters. The molecule has 1 saturated heterocycles. The largest absolute Gasteiger partial charge is 0.481 e. The molecule has 1 aromatic rings. The van der Waals surface area contributed by atoms with Crippen molar-refractivity contribution < 1.29 is 9.53 Å². The lowest BCUT2D eigenvalue weighted by Gasteiger charge is -2.37. The number of ether oxygens (including phenoxy) is 1. The third-order valence-electron chi connectivity index (χ3n) is 4.96. The third kappa shape index (κ3) is 4.50. The number of benzene rings is 1. The molecule has 1 aliphatic heterocycles. The van der Waals surface area contributed by atoms with Gasteiger partial charge in [0.25, 0.3) is 5.91 Å². The van der Waals surface area contributed by atoms with Crippen molar-refractivity contribution in [3.8, 4) is 5.75 Å². The zero-order chi connectivity index (χ0) is 17.9. The van der Waals surface area contributed by atoms with Crippen LogP contribution in [0.5, 0.6) is 5.75 Å². The summed E-state index contributed by atoms with van der Waals surface area (Å²) in [6.45, 7) is 9.96.